The molecule has 4 rings (SSSR count). The molecule has 0 unspecified atom stereocenters. The van der Waals surface area contributed by atoms with Gasteiger partial charge in [0.1, 0.15) is 0 Å². The summed E-state index contributed by atoms with van der Waals surface area (Å²) in [6, 6.07) is 24.4. The SMILES string of the molecule is CCc1cccc(NC(=O)c2nn(Cc3ccccc3)c(=O)c3ccccc23)c1. The second-order valence-corrected chi connectivity index (χ2v) is 6.85. The monoisotopic (exact) mass is 383 g/mol. The van der Waals surface area contributed by atoms with Crippen molar-refractivity contribution in [3.8, 4) is 0 Å². The van der Waals surface area contributed by atoms with Crippen molar-refractivity contribution < 1.29 is 4.79 Å². The first-order valence-electron chi connectivity index (χ1n) is 9.60. The van der Waals surface area contributed by atoms with Crippen molar-refractivity contribution in [3.05, 3.63) is 106 Å². The number of rotatable bonds is 5. The molecule has 0 fully saturated rings. The molecular weight excluding hydrogens is 362 g/mol. The molecule has 1 aromatic heterocycles. The minimum absolute atomic E-state index is 0.214. The van der Waals surface area contributed by atoms with Crippen molar-refractivity contribution in [1.82, 2.24) is 9.78 Å². The van der Waals surface area contributed by atoms with E-state index in [0.717, 1.165) is 17.5 Å². The van der Waals surface area contributed by atoms with Crippen LogP contribution in [-0.2, 0) is 13.0 Å². The number of nitrogens with zero attached hydrogens (tertiary/aromatic N) is 2. The summed E-state index contributed by atoms with van der Waals surface area (Å²) in [5, 5.41) is 8.37. The molecule has 5 heteroatoms. The topological polar surface area (TPSA) is 64.0 Å². The summed E-state index contributed by atoms with van der Waals surface area (Å²) >= 11 is 0. The maximum absolute atomic E-state index is 13.1. The molecule has 1 heterocycles. The van der Waals surface area contributed by atoms with E-state index in [1.165, 1.54) is 4.68 Å². The quantitative estimate of drug-likeness (QED) is 0.560. The van der Waals surface area contributed by atoms with E-state index in [1.807, 2.05) is 54.6 Å². The highest BCUT2D eigenvalue weighted by Crippen LogP contribution is 2.17. The molecule has 144 valence electrons. The highest BCUT2D eigenvalue weighted by Gasteiger charge is 2.17. The van der Waals surface area contributed by atoms with Crippen molar-refractivity contribution in [2.45, 2.75) is 19.9 Å². The van der Waals surface area contributed by atoms with Crippen LogP contribution in [0.4, 0.5) is 5.69 Å². The predicted molar refractivity (Wildman–Crippen MR) is 115 cm³/mol. The number of benzene rings is 3. The van der Waals surface area contributed by atoms with Crippen molar-refractivity contribution in [2.24, 2.45) is 0 Å². The maximum atomic E-state index is 13.1. The third kappa shape index (κ3) is 3.94. The van der Waals surface area contributed by atoms with Gasteiger partial charge in [0.25, 0.3) is 11.5 Å². The Balaban J connectivity index is 1.77. The first kappa shape index (κ1) is 18.6. The molecule has 5 nitrogen and oxygen atoms in total. The predicted octanol–water partition coefficient (Wildman–Crippen LogP) is 4.26. The largest absolute Gasteiger partial charge is 0.321 e. The molecule has 0 aliphatic rings. The van der Waals surface area contributed by atoms with Gasteiger partial charge in [-0.05, 0) is 35.7 Å². The van der Waals surface area contributed by atoms with Crippen LogP contribution in [0.3, 0.4) is 0 Å². The van der Waals surface area contributed by atoms with Crippen LogP contribution in [-0.4, -0.2) is 15.7 Å². The normalized spacial score (nSPS) is 10.8. The highest BCUT2D eigenvalue weighted by molar-refractivity contribution is 6.11. The number of nitrogens with one attached hydrogen (secondary N) is 1. The van der Waals surface area contributed by atoms with E-state index < -0.39 is 0 Å². The van der Waals surface area contributed by atoms with Crippen LogP contribution in [0.2, 0.25) is 0 Å². The van der Waals surface area contributed by atoms with E-state index in [9.17, 15) is 9.59 Å². The number of fused-ring (bicyclic) bond motifs is 1. The minimum atomic E-state index is -0.337. The van der Waals surface area contributed by atoms with Crippen molar-refractivity contribution in [2.75, 3.05) is 5.32 Å². The summed E-state index contributed by atoms with van der Waals surface area (Å²) in [6.45, 7) is 2.37. The Morgan fingerprint density at radius 2 is 1.59 bits per heavy atom. The summed E-state index contributed by atoms with van der Waals surface area (Å²) in [4.78, 5) is 26.0. The lowest BCUT2D eigenvalue weighted by Gasteiger charge is -2.12. The second-order valence-electron chi connectivity index (χ2n) is 6.85. The zero-order valence-corrected chi connectivity index (χ0v) is 16.1. The highest BCUT2D eigenvalue weighted by atomic mass is 16.2. The summed E-state index contributed by atoms with van der Waals surface area (Å²) in [7, 11) is 0. The summed E-state index contributed by atoms with van der Waals surface area (Å²) in [6.07, 6.45) is 0.882. The van der Waals surface area contributed by atoms with E-state index in [0.29, 0.717) is 23.0 Å². The maximum Gasteiger partial charge on any atom is 0.276 e. The number of amides is 1. The van der Waals surface area contributed by atoms with Gasteiger partial charge in [0.15, 0.2) is 5.69 Å². The van der Waals surface area contributed by atoms with E-state index in [2.05, 4.69) is 17.3 Å². The number of carbonyl (C=O) groups is 1. The number of aryl methyl sites for hydroxylation is 1. The zero-order valence-electron chi connectivity index (χ0n) is 16.1. The number of aromatic nitrogens is 2. The van der Waals surface area contributed by atoms with Gasteiger partial charge in [-0.15, -0.1) is 0 Å². The zero-order chi connectivity index (χ0) is 20.2. The standard InChI is InChI=1S/C24H21N3O2/c1-2-17-11-8-12-19(15-17)25-23(28)22-20-13-6-7-14-21(20)24(29)27(26-22)16-18-9-4-3-5-10-18/h3-15H,2,16H2,1H3,(H,25,28). The average molecular weight is 383 g/mol. The lowest BCUT2D eigenvalue weighted by molar-refractivity contribution is 0.102. The van der Waals surface area contributed by atoms with Crippen molar-refractivity contribution >= 4 is 22.4 Å². The Kier molecular flexibility index (Phi) is 5.20. The molecule has 0 radical (unpaired) electrons. The molecule has 0 saturated carbocycles. The summed E-state index contributed by atoms with van der Waals surface area (Å²) < 4.78 is 1.36. The molecule has 0 aliphatic carbocycles. The van der Waals surface area contributed by atoms with E-state index in [4.69, 9.17) is 0 Å². The van der Waals surface area contributed by atoms with Gasteiger partial charge in [0, 0.05) is 11.1 Å². The van der Waals surface area contributed by atoms with E-state index in [1.54, 1.807) is 24.3 Å². The third-order valence-corrected chi connectivity index (χ3v) is 4.85. The third-order valence-electron chi connectivity index (χ3n) is 4.85. The molecule has 0 spiro atoms. The van der Waals surface area contributed by atoms with E-state index >= 15 is 0 Å². The Hall–Kier alpha value is -3.73. The summed E-state index contributed by atoms with van der Waals surface area (Å²) in [5.74, 6) is -0.337. The molecule has 0 atom stereocenters. The van der Waals surface area contributed by atoms with Crippen LogP contribution < -0.4 is 10.9 Å². The van der Waals surface area contributed by atoms with Gasteiger partial charge in [-0.1, -0.05) is 67.6 Å². The number of anilines is 1. The number of hydrogen-bond acceptors (Lipinski definition) is 3. The first-order valence-corrected chi connectivity index (χ1v) is 9.60. The Morgan fingerprint density at radius 3 is 2.34 bits per heavy atom. The molecule has 0 bridgehead atoms. The molecular formula is C24H21N3O2. The molecule has 4 aromatic rings. The Morgan fingerprint density at radius 1 is 0.897 bits per heavy atom. The van der Waals surface area contributed by atoms with Crippen LogP contribution >= 0.6 is 0 Å². The van der Waals surface area contributed by atoms with Gasteiger partial charge < -0.3 is 5.32 Å². The van der Waals surface area contributed by atoms with E-state index in [-0.39, 0.29) is 17.2 Å². The van der Waals surface area contributed by atoms with Crippen molar-refractivity contribution in [1.29, 1.82) is 0 Å². The molecule has 1 N–H and O–H groups in total. The Labute approximate surface area is 168 Å². The van der Waals surface area contributed by atoms with Crippen LogP contribution in [0.15, 0.2) is 83.7 Å². The number of carbonyl (C=O) groups excluding carboxylic acids is 1. The first-order chi connectivity index (χ1) is 14.2. The van der Waals surface area contributed by atoms with Gasteiger partial charge in [-0.3, -0.25) is 9.59 Å². The summed E-state index contributed by atoms with van der Waals surface area (Å²) in [5.41, 5.74) is 2.81. The number of hydrogen-bond donors (Lipinski definition) is 1. The molecule has 0 saturated heterocycles. The average Bonchev–Trinajstić information content (AvgIpc) is 2.76. The van der Waals surface area contributed by atoms with Gasteiger partial charge in [-0.25, -0.2) is 4.68 Å². The van der Waals surface area contributed by atoms with Gasteiger partial charge in [0.2, 0.25) is 0 Å². The fraction of sp³-hybridized carbons (Fsp3) is 0.125. The van der Waals surface area contributed by atoms with Crippen LogP contribution in [0.25, 0.3) is 10.8 Å². The van der Waals surface area contributed by atoms with Crippen molar-refractivity contribution in [3.63, 3.8) is 0 Å². The second kappa shape index (κ2) is 8.10. The fourth-order valence-corrected chi connectivity index (χ4v) is 3.33. The van der Waals surface area contributed by atoms with Crippen LogP contribution in [0, 0.1) is 0 Å². The lowest BCUT2D eigenvalue weighted by atomic mass is 10.1. The molecule has 3 aromatic carbocycles. The van der Waals surface area contributed by atoms with Gasteiger partial charge in [-0.2, -0.15) is 5.10 Å². The molecule has 0 aliphatic heterocycles. The smallest absolute Gasteiger partial charge is 0.276 e. The molecule has 1 amide bonds. The van der Waals surface area contributed by atoms with Gasteiger partial charge >= 0.3 is 0 Å². The van der Waals surface area contributed by atoms with Gasteiger partial charge in [0.05, 0.1) is 11.9 Å². The van der Waals surface area contributed by atoms with Crippen LogP contribution in [0.1, 0.15) is 28.5 Å². The fourth-order valence-electron chi connectivity index (χ4n) is 3.33. The minimum Gasteiger partial charge on any atom is -0.321 e. The van der Waals surface area contributed by atoms with Crippen LogP contribution in [0.5, 0.6) is 0 Å². The Bertz CT molecular complexity index is 1230. The lowest BCUT2D eigenvalue weighted by Crippen LogP contribution is -2.28. The molecule has 29 heavy (non-hydrogen) atoms.